The molecule has 8 heteroatoms. The molecule has 188 valence electrons. The van der Waals surface area contributed by atoms with E-state index in [9.17, 15) is 0 Å². The van der Waals surface area contributed by atoms with Gasteiger partial charge in [0.2, 0.25) is 11.5 Å². The van der Waals surface area contributed by atoms with Crippen molar-refractivity contribution in [3.8, 4) is 34.5 Å². The zero-order chi connectivity index (χ0) is 24.5. The van der Waals surface area contributed by atoms with Crippen LogP contribution in [0, 0.1) is 0 Å². The molecule has 0 heterocycles. The van der Waals surface area contributed by atoms with Crippen LogP contribution in [0.5, 0.6) is 34.5 Å². The molecule has 0 radical (unpaired) electrons. The van der Waals surface area contributed by atoms with Gasteiger partial charge in [0.05, 0.1) is 42.7 Å². The van der Waals surface area contributed by atoms with Gasteiger partial charge in [0.1, 0.15) is 0 Å². The predicted molar refractivity (Wildman–Crippen MR) is 132 cm³/mol. The van der Waals surface area contributed by atoms with Crippen molar-refractivity contribution in [3.63, 3.8) is 0 Å². The fourth-order valence-corrected chi connectivity index (χ4v) is 4.59. The number of methoxy groups -OCH3 is 6. The fourth-order valence-electron chi connectivity index (χ4n) is 4.59. The smallest absolute Gasteiger partial charge is 0.203 e. The summed E-state index contributed by atoms with van der Waals surface area (Å²) < 4.78 is 32.9. The second kappa shape index (κ2) is 12.6. The zero-order valence-electron chi connectivity index (χ0n) is 21.2. The van der Waals surface area contributed by atoms with Crippen LogP contribution >= 0.6 is 0 Å². The van der Waals surface area contributed by atoms with E-state index in [1.54, 1.807) is 42.7 Å². The molecule has 2 atom stereocenters. The van der Waals surface area contributed by atoms with Gasteiger partial charge in [0, 0.05) is 25.2 Å². The first-order chi connectivity index (χ1) is 16.6. The second-order valence-electron chi connectivity index (χ2n) is 8.33. The normalized spacial score (nSPS) is 17.7. The first-order valence-electron chi connectivity index (χ1n) is 11.6. The van der Waals surface area contributed by atoms with Gasteiger partial charge in [-0.15, -0.1) is 0 Å². The van der Waals surface area contributed by atoms with Gasteiger partial charge in [-0.25, -0.2) is 0 Å². The SMILES string of the molecule is COc1cc(CN[C@@H]2CCCC[C@H]2NCc2cc(OC)c(OC)c(OC)c2)cc(OC)c1OC. The Hall–Kier alpha value is -2.84. The third-order valence-electron chi connectivity index (χ3n) is 6.35. The van der Waals surface area contributed by atoms with Crippen LogP contribution in [0.4, 0.5) is 0 Å². The highest BCUT2D eigenvalue weighted by atomic mass is 16.5. The van der Waals surface area contributed by atoms with E-state index in [4.69, 9.17) is 28.4 Å². The molecule has 0 amide bonds. The van der Waals surface area contributed by atoms with E-state index in [-0.39, 0.29) is 0 Å². The van der Waals surface area contributed by atoms with Crippen molar-refractivity contribution in [2.75, 3.05) is 42.7 Å². The average molecular weight is 475 g/mol. The molecule has 0 spiro atoms. The topological polar surface area (TPSA) is 79.4 Å². The predicted octanol–water partition coefficient (Wildman–Crippen LogP) is 3.93. The summed E-state index contributed by atoms with van der Waals surface area (Å²) in [5, 5.41) is 7.49. The molecule has 0 saturated heterocycles. The van der Waals surface area contributed by atoms with Gasteiger partial charge < -0.3 is 39.1 Å². The van der Waals surface area contributed by atoms with Crippen LogP contribution < -0.4 is 39.1 Å². The molecule has 2 aromatic rings. The lowest BCUT2D eigenvalue weighted by Gasteiger charge is -2.33. The highest BCUT2D eigenvalue weighted by Crippen LogP contribution is 2.39. The maximum atomic E-state index is 5.50. The first-order valence-corrected chi connectivity index (χ1v) is 11.6. The molecule has 1 fully saturated rings. The van der Waals surface area contributed by atoms with Crippen molar-refractivity contribution in [2.45, 2.75) is 50.9 Å². The fraction of sp³-hybridized carbons (Fsp3) is 0.538. The maximum absolute atomic E-state index is 5.50. The van der Waals surface area contributed by atoms with E-state index in [2.05, 4.69) is 10.6 Å². The maximum Gasteiger partial charge on any atom is 0.203 e. The van der Waals surface area contributed by atoms with Crippen LogP contribution in [0.2, 0.25) is 0 Å². The van der Waals surface area contributed by atoms with Gasteiger partial charge in [-0.05, 0) is 48.2 Å². The molecule has 0 bridgehead atoms. The molecular formula is C26H38N2O6. The molecule has 1 aliphatic carbocycles. The summed E-state index contributed by atoms with van der Waals surface area (Å²) in [6, 6.07) is 8.69. The van der Waals surface area contributed by atoms with Crippen molar-refractivity contribution < 1.29 is 28.4 Å². The van der Waals surface area contributed by atoms with Crippen LogP contribution in [-0.4, -0.2) is 54.7 Å². The number of ether oxygens (including phenoxy) is 6. The Morgan fingerprint density at radius 1 is 0.559 bits per heavy atom. The lowest BCUT2D eigenvalue weighted by Crippen LogP contribution is -2.49. The summed E-state index contributed by atoms with van der Waals surface area (Å²) in [5.41, 5.74) is 2.17. The summed E-state index contributed by atoms with van der Waals surface area (Å²) in [6.07, 6.45) is 4.68. The number of benzene rings is 2. The Labute approximate surface area is 202 Å². The first kappa shape index (κ1) is 25.8. The summed E-state index contributed by atoms with van der Waals surface area (Å²) in [4.78, 5) is 0. The third-order valence-corrected chi connectivity index (χ3v) is 6.35. The van der Waals surface area contributed by atoms with Crippen LogP contribution in [0.25, 0.3) is 0 Å². The zero-order valence-corrected chi connectivity index (χ0v) is 21.2. The van der Waals surface area contributed by atoms with Crippen LogP contribution in [-0.2, 0) is 13.1 Å². The van der Waals surface area contributed by atoms with Gasteiger partial charge in [0.25, 0.3) is 0 Å². The monoisotopic (exact) mass is 474 g/mol. The van der Waals surface area contributed by atoms with Crippen LogP contribution in [0.1, 0.15) is 36.8 Å². The average Bonchev–Trinajstić information content (AvgIpc) is 2.89. The minimum Gasteiger partial charge on any atom is -0.493 e. The van der Waals surface area contributed by atoms with Crippen molar-refractivity contribution in [3.05, 3.63) is 35.4 Å². The minimum atomic E-state index is 0.356. The molecule has 1 aliphatic rings. The molecule has 2 N–H and O–H groups in total. The van der Waals surface area contributed by atoms with Crippen LogP contribution in [0.3, 0.4) is 0 Å². The summed E-state index contributed by atoms with van der Waals surface area (Å²) in [6.45, 7) is 1.42. The Bertz CT molecular complexity index is 810. The van der Waals surface area contributed by atoms with Gasteiger partial charge in [0.15, 0.2) is 23.0 Å². The van der Waals surface area contributed by atoms with Crippen molar-refractivity contribution in [1.29, 1.82) is 0 Å². The molecule has 34 heavy (non-hydrogen) atoms. The Morgan fingerprint density at radius 3 is 1.15 bits per heavy atom. The highest BCUT2D eigenvalue weighted by molar-refractivity contribution is 5.54. The Morgan fingerprint density at radius 2 is 0.882 bits per heavy atom. The van der Waals surface area contributed by atoms with E-state index in [1.165, 1.54) is 12.8 Å². The molecule has 0 aliphatic heterocycles. The van der Waals surface area contributed by atoms with Gasteiger partial charge in [-0.2, -0.15) is 0 Å². The standard InChI is InChI=1S/C26H38N2O6/c1-29-21-11-17(12-22(30-2)25(21)33-5)15-27-19-9-7-8-10-20(19)28-16-18-13-23(31-3)26(34-6)24(14-18)32-4/h11-14,19-20,27-28H,7-10,15-16H2,1-6H3/t19-,20-/m1/s1. The lowest BCUT2D eigenvalue weighted by atomic mass is 9.90. The number of nitrogens with one attached hydrogen (secondary N) is 2. The summed E-state index contributed by atoms with van der Waals surface area (Å²) in [7, 11) is 9.78. The largest absolute Gasteiger partial charge is 0.493 e. The molecule has 8 nitrogen and oxygen atoms in total. The lowest BCUT2D eigenvalue weighted by molar-refractivity contribution is 0.280. The summed E-state index contributed by atoms with van der Waals surface area (Å²) in [5.74, 6) is 3.88. The van der Waals surface area contributed by atoms with E-state index in [0.29, 0.717) is 59.7 Å². The van der Waals surface area contributed by atoms with E-state index in [1.807, 2.05) is 24.3 Å². The van der Waals surface area contributed by atoms with Crippen LogP contribution in [0.15, 0.2) is 24.3 Å². The van der Waals surface area contributed by atoms with Gasteiger partial charge in [-0.1, -0.05) is 12.8 Å². The number of rotatable bonds is 12. The number of hydrogen-bond donors (Lipinski definition) is 2. The molecule has 1 saturated carbocycles. The van der Waals surface area contributed by atoms with E-state index >= 15 is 0 Å². The van der Waals surface area contributed by atoms with E-state index in [0.717, 1.165) is 24.0 Å². The molecule has 3 rings (SSSR count). The molecule has 0 unspecified atom stereocenters. The highest BCUT2D eigenvalue weighted by Gasteiger charge is 2.25. The molecular weight excluding hydrogens is 436 g/mol. The number of hydrogen-bond acceptors (Lipinski definition) is 8. The third kappa shape index (κ3) is 5.98. The molecule has 2 aromatic carbocycles. The van der Waals surface area contributed by atoms with Crippen molar-refractivity contribution in [1.82, 2.24) is 10.6 Å². The van der Waals surface area contributed by atoms with E-state index < -0.39 is 0 Å². The Kier molecular flexibility index (Phi) is 9.53. The van der Waals surface area contributed by atoms with Gasteiger partial charge in [-0.3, -0.25) is 0 Å². The summed E-state index contributed by atoms with van der Waals surface area (Å²) >= 11 is 0. The molecule has 0 aromatic heterocycles. The quantitative estimate of drug-likeness (QED) is 0.479. The minimum absolute atomic E-state index is 0.356. The Balaban J connectivity index is 1.68. The second-order valence-corrected chi connectivity index (χ2v) is 8.33. The van der Waals surface area contributed by atoms with Gasteiger partial charge >= 0.3 is 0 Å². The van der Waals surface area contributed by atoms with Crippen molar-refractivity contribution >= 4 is 0 Å². The van der Waals surface area contributed by atoms with Crippen molar-refractivity contribution in [2.24, 2.45) is 0 Å².